The zero-order valence-electron chi connectivity index (χ0n) is 25.3. The number of benzene rings is 4. The van der Waals surface area contributed by atoms with Gasteiger partial charge in [-0.2, -0.15) is 14.0 Å². The summed E-state index contributed by atoms with van der Waals surface area (Å²) in [4.78, 5) is 25.6. The lowest BCUT2D eigenvalue weighted by molar-refractivity contribution is -0.138. The van der Waals surface area contributed by atoms with E-state index in [1.165, 1.54) is 12.1 Å². The van der Waals surface area contributed by atoms with Crippen LogP contribution in [0.25, 0.3) is 0 Å². The molecule has 0 aliphatic carbocycles. The van der Waals surface area contributed by atoms with Crippen molar-refractivity contribution >= 4 is 23.3 Å². The number of nitrogens with one attached hydrogen (secondary N) is 3. The van der Waals surface area contributed by atoms with Gasteiger partial charge in [0.1, 0.15) is 18.1 Å². The Morgan fingerprint density at radius 1 is 0.935 bits per heavy atom. The number of anilines is 2. The summed E-state index contributed by atoms with van der Waals surface area (Å²) in [5.41, 5.74) is 3.84. The number of carboxylic acid groups (broad SMARTS) is 1. The summed E-state index contributed by atoms with van der Waals surface area (Å²) in [7, 11) is 1.67. The number of hydrogen-bond acceptors (Lipinski definition) is 7. The zero-order chi connectivity index (χ0) is 33.1. The number of carbonyl (C=O) groups excluding carboxylic acids is 1. The summed E-state index contributed by atoms with van der Waals surface area (Å²) in [6, 6.07) is 26.4. The zero-order valence-corrected chi connectivity index (χ0v) is 25.3. The molecular formula is C35H34F2N4O5. The van der Waals surface area contributed by atoms with Crippen LogP contribution in [0.2, 0.25) is 0 Å². The molecule has 0 bridgehead atoms. The van der Waals surface area contributed by atoms with Crippen LogP contribution in [0.4, 0.5) is 20.2 Å². The number of aliphatic carboxylic acids is 1. The van der Waals surface area contributed by atoms with Gasteiger partial charge >= 0.3 is 12.6 Å². The highest BCUT2D eigenvalue weighted by Gasteiger charge is 2.24. The van der Waals surface area contributed by atoms with Gasteiger partial charge in [0.15, 0.2) is 6.04 Å². The minimum atomic E-state index is -2.98. The molecule has 0 aliphatic heterocycles. The summed E-state index contributed by atoms with van der Waals surface area (Å²) >= 11 is 0. The van der Waals surface area contributed by atoms with E-state index in [0.29, 0.717) is 39.4 Å². The molecule has 0 fully saturated rings. The molecular weight excluding hydrogens is 594 g/mol. The Balaban J connectivity index is 1.58. The maximum absolute atomic E-state index is 13.2. The standard InChI is InChI=1S/C35H34F2N4O5/c1-22(16-32(42)40-28-13-15-30(46-35(36)37)26(17-28)20-39-2)29-18-25(10-14-31(29)45-21-24-6-4-3-5-7-24)33(34(43)44)41-27-11-8-23(19-38)9-12-27/h3-15,17-18,22,33,35,39,41H,16,20-21H2,1-2H3,(H,40,42)(H,43,44)/t22-,33?/m1/s1. The monoisotopic (exact) mass is 628 g/mol. The lowest BCUT2D eigenvalue weighted by Crippen LogP contribution is -2.21. The van der Waals surface area contributed by atoms with E-state index in [-0.39, 0.29) is 31.2 Å². The van der Waals surface area contributed by atoms with Crippen molar-refractivity contribution < 1.29 is 33.0 Å². The Labute approximate surface area is 265 Å². The van der Waals surface area contributed by atoms with Crippen molar-refractivity contribution in [2.24, 2.45) is 0 Å². The highest BCUT2D eigenvalue weighted by Crippen LogP contribution is 2.34. The van der Waals surface area contributed by atoms with Crippen molar-refractivity contribution in [3.63, 3.8) is 0 Å². The fraction of sp³-hybridized carbons (Fsp3) is 0.229. The molecule has 0 radical (unpaired) electrons. The van der Waals surface area contributed by atoms with E-state index >= 15 is 0 Å². The summed E-state index contributed by atoms with van der Waals surface area (Å²) in [6.07, 6.45) is 0.0165. The highest BCUT2D eigenvalue weighted by atomic mass is 19.3. The van der Waals surface area contributed by atoms with E-state index in [1.807, 2.05) is 43.3 Å². The van der Waals surface area contributed by atoms with Gasteiger partial charge in [0, 0.05) is 29.9 Å². The predicted octanol–water partition coefficient (Wildman–Crippen LogP) is 6.83. The number of ether oxygens (including phenoxy) is 2. The summed E-state index contributed by atoms with van der Waals surface area (Å²) in [5, 5.41) is 27.9. The van der Waals surface area contributed by atoms with Crippen molar-refractivity contribution in [3.05, 3.63) is 119 Å². The average Bonchev–Trinajstić information content (AvgIpc) is 3.04. The fourth-order valence-corrected chi connectivity index (χ4v) is 4.89. The molecule has 0 heterocycles. The Hall–Kier alpha value is -5.47. The van der Waals surface area contributed by atoms with E-state index in [0.717, 1.165) is 5.56 Å². The Morgan fingerprint density at radius 2 is 1.63 bits per heavy atom. The number of halogens is 2. The van der Waals surface area contributed by atoms with Gasteiger partial charge in [-0.05, 0) is 84.3 Å². The topological polar surface area (TPSA) is 133 Å². The number of alkyl halides is 2. The van der Waals surface area contributed by atoms with Gasteiger partial charge in [0.05, 0.1) is 11.6 Å². The number of rotatable bonds is 15. The van der Waals surface area contributed by atoms with Crippen LogP contribution in [0.1, 0.15) is 53.1 Å². The number of carboxylic acids is 1. The maximum atomic E-state index is 13.2. The van der Waals surface area contributed by atoms with Gasteiger partial charge < -0.3 is 30.5 Å². The van der Waals surface area contributed by atoms with Crippen LogP contribution in [0, 0.1) is 11.3 Å². The van der Waals surface area contributed by atoms with E-state index in [1.54, 1.807) is 55.6 Å². The van der Waals surface area contributed by atoms with E-state index in [4.69, 9.17) is 10.00 Å². The Bertz CT molecular complexity index is 1680. The fourth-order valence-electron chi connectivity index (χ4n) is 4.89. The first-order chi connectivity index (χ1) is 22.2. The molecule has 4 aromatic rings. The minimum absolute atomic E-state index is 0.00957. The van der Waals surface area contributed by atoms with Gasteiger partial charge in [0.2, 0.25) is 5.91 Å². The first kappa shape index (κ1) is 33.4. The Kier molecular flexibility index (Phi) is 11.6. The number of nitrogens with zero attached hydrogens (tertiary/aromatic N) is 1. The van der Waals surface area contributed by atoms with Crippen molar-refractivity contribution in [2.75, 3.05) is 17.7 Å². The summed E-state index contributed by atoms with van der Waals surface area (Å²) < 4.78 is 36.4. The number of nitriles is 1. The number of hydrogen-bond donors (Lipinski definition) is 4. The second-order valence-corrected chi connectivity index (χ2v) is 10.6. The van der Waals surface area contributed by atoms with Gasteiger partial charge in [-0.15, -0.1) is 0 Å². The van der Waals surface area contributed by atoms with Crippen LogP contribution in [0.5, 0.6) is 11.5 Å². The number of amides is 1. The third-order valence-corrected chi connectivity index (χ3v) is 7.13. The lowest BCUT2D eigenvalue weighted by Gasteiger charge is -2.22. The van der Waals surface area contributed by atoms with Crippen LogP contribution < -0.4 is 25.4 Å². The van der Waals surface area contributed by atoms with E-state index in [2.05, 4.69) is 20.7 Å². The third-order valence-electron chi connectivity index (χ3n) is 7.13. The first-order valence-electron chi connectivity index (χ1n) is 14.5. The largest absolute Gasteiger partial charge is 0.489 e. The smallest absolute Gasteiger partial charge is 0.387 e. The van der Waals surface area contributed by atoms with Crippen molar-refractivity contribution in [2.45, 2.75) is 45.1 Å². The quantitative estimate of drug-likeness (QED) is 0.113. The molecule has 4 aromatic carbocycles. The molecule has 0 saturated heterocycles. The summed E-state index contributed by atoms with van der Waals surface area (Å²) in [5.74, 6) is -1.35. The lowest BCUT2D eigenvalue weighted by atomic mass is 9.92. The minimum Gasteiger partial charge on any atom is -0.489 e. The van der Waals surface area contributed by atoms with Crippen LogP contribution >= 0.6 is 0 Å². The van der Waals surface area contributed by atoms with Crippen molar-refractivity contribution in [1.82, 2.24) is 5.32 Å². The molecule has 46 heavy (non-hydrogen) atoms. The number of carbonyl (C=O) groups is 2. The van der Waals surface area contributed by atoms with Crippen LogP contribution in [0.3, 0.4) is 0 Å². The van der Waals surface area contributed by atoms with Crippen LogP contribution in [0.15, 0.2) is 91.0 Å². The van der Waals surface area contributed by atoms with E-state index < -0.39 is 24.5 Å². The van der Waals surface area contributed by atoms with Crippen molar-refractivity contribution in [3.8, 4) is 17.6 Å². The molecule has 0 aromatic heterocycles. The SMILES string of the molecule is CNCc1cc(NC(=O)C[C@@H](C)c2cc(C(Nc3ccc(C#N)cc3)C(=O)O)ccc2OCc2ccccc2)ccc1OC(F)F. The van der Waals surface area contributed by atoms with Gasteiger partial charge in [-0.25, -0.2) is 4.79 Å². The molecule has 9 nitrogen and oxygen atoms in total. The van der Waals surface area contributed by atoms with Crippen LogP contribution in [-0.4, -0.2) is 30.6 Å². The van der Waals surface area contributed by atoms with Crippen molar-refractivity contribution in [1.29, 1.82) is 5.26 Å². The molecule has 238 valence electrons. The summed E-state index contributed by atoms with van der Waals surface area (Å²) in [6.45, 7) is -0.632. The molecule has 1 amide bonds. The highest BCUT2D eigenvalue weighted by molar-refractivity contribution is 5.91. The maximum Gasteiger partial charge on any atom is 0.387 e. The molecule has 0 aliphatic rings. The second kappa shape index (κ2) is 16.0. The van der Waals surface area contributed by atoms with E-state index in [9.17, 15) is 23.5 Å². The van der Waals surface area contributed by atoms with Gasteiger partial charge in [-0.3, -0.25) is 4.79 Å². The predicted molar refractivity (Wildman–Crippen MR) is 170 cm³/mol. The molecule has 1 unspecified atom stereocenters. The molecule has 11 heteroatoms. The normalized spacial score (nSPS) is 12.1. The second-order valence-electron chi connectivity index (χ2n) is 10.6. The van der Waals surface area contributed by atoms with Gasteiger partial charge in [0.25, 0.3) is 0 Å². The molecule has 4 N–H and O–H groups in total. The molecule has 4 rings (SSSR count). The average molecular weight is 629 g/mol. The first-order valence-corrected chi connectivity index (χ1v) is 14.5. The van der Waals surface area contributed by atoms with Crippen LogP contribution in [-0.2, 0) is 22.7 Å². The molecule has 0 spiro atoms. The van der Waals surface area contributed by atoms with Gasteiger partial charge in [-0.1, -0.05) is 43.3 Å². The third kappa shape index (κ3) is 9.27. The molecule has 0 saturated carbocycles. The Morgan fingerprint density at radius 3 is 2.28 bits per heavy atom. The molecule has 2 atom stereocenters.